The first-order valence-corrected chi connectivity index (χ1v) is 5.71. The minimum Gasteiger partial charge on any atom is -0.379 e. The highest BCUT2D eigenvalue weighted by molar-refractivity contribution is 4.87. The van der Waals surface area contributed by atoms with Crippen molar-refractivity contribution in [3.63, 3.8) is 0 Å². The highest BCUT2D eigenvalue weighted by atomic mass is 16.5. The van der Waals surface area contributed by atoms with Crippen LogP contribution in [0, 0.1) is 0 Å². The van der Waals surface area contributed by atoms with Crippen molar-refractivity contribution in [2.45, 2.75) is 19.5 Å². The van der Waals surface area contributed by atoms with Gasteiger partial charge in [0.25, 0.3) is 0 Å². The van der Waals surface area contributed by atoms with Crippen LogP contribution in [-0.4, -0.2) is 52.5 Å². The molecule has 1 aliphatic heterocycles. The largest absolute Gasteiger partial charge is 0.379 e. The Labute approximate surface area is 95.4 Å². The minimum atomic E-state index is -0.0929. The molecule has 0 aliphatic carbocycles. The van der Waals surface area contributed by atoms with Crippen molar-refractivity contribution in [3.8, 4) is 0 Å². The topological polar surface area (TPSA) is 69.2 Å². The highest BCUT2D eigenvalue weighted by Gasteiger charge is 2.11. The average Bonchev–Trinajstić information content (AvgIpc) is 2.76. The molecule has 1 saturated heterocycles. The third-order valence-electron chi connectivity index (χ3n) is 2.71. The number of hydrogen-bond acceptors (Lipinski definition) is 5. The van der Waals surface area contributed by atoms with E-state index in [9.17, 15) is 0 Å². The summed E-state index contributed by atoms with van der Waals surface area (Å²) in [5.41, 5.74) is 5.70. The zero-order chi connectivity index (χ0) is 11.4. The molecule has 1 aliphatic rings. The van der Waals surface area contributed by atoms with Gasteiger partial charge in [0.2, 0.25) is 0 Å². The van der Waals surface area contributed by atoms with Gasteiger partial charge in [-0.3, -0.25) is 9.58 Å². The summed E-state index contributed by atoms with van der Waals surface area (Å²) in [7, 11) is 0. The zero-order valence-electron chi connectivity index (χ0n) is 9.67. The molecule has 90 valence electrons. The quantitative estimate of drug-likeness (QED) is 0.757. The number of ether oxygens (including phenoxy) is 1. The maximum Gasteiger partial charge on any atom is 0.166 e. The molecule has 1 aromatic heterocycles. The summed E-state index contributed by atoms with van der Waals surface area (Å²) >= 11 is 0. The molecule has 1 unspecified atom stereocenters. The van der Waals surface area contributed by atoms with Gasteiger partial charge in [0.1, 0.15) is 6.33 Å². The Kier molecular flexibility index (Phi) is 3.87. The molecule has 0 bridgehead atoms. The summed E-state index contributed by atoms with van der Waals surface area (Å²) in [5, 5.41) is 4.32. The number of nitrogens with two attached hydrogens (primary N) is 1. The van der Waals surface area contributed by atoms with E-state index in [1.54, 1.807) is 6.33 Å². The summed E-state index contributed by atoms with van der Waals surface area (Å²) < 4.78 is 7.15. The van der Waals surface area contributed by atoms with E-state index in [0.29, 0.717) is 5.82 Å². The maximum absolute atomic E-state index is 5.70. The molecule has 2 N–H and O–H groups in total. The number of aromatic nitrogens is 3. The van der Waals surface area contributed by atoms with E-state index in [0.717, 1.165) is 39.4 Å². The van der Waals surface area contributed by atoms with Gasteiger partial charge in [0.05, 0.1) is 25.8 Å². The van der Waals surface area contributed by atoms with Crippen LogP contribution in [-0.2, 0) is 11.3 Å². The highest BCUT2D eigenvalue weighted by Crippen LogP contribution is 2.01. The van der Waals surface area contributed by atoms with Gasteiger partial charge in [-0.2, -0.15) is 5.10 Å². The second kappa shape index (κ2) is 5.38. The van der Waals surface area contributed by atoms with E-state index in [-0.39, 0.29) is 6.04 Å². The number of rotatable bonds is 4. The van der Waals surface area contributed by atoms with Crippen molar-refractivity contribution < 1.29 is 4.74 Å². The third kappa shape index (κ3) is 3.01. The van der Waals surface area contributed by atoms with Crippen molar-refractivity contribution in [2.24, 2.45) is 5.73 Å². The van der Waals surface area contributed by atoms with Crippen LogP contribution < -0.4 is 5.73 Å². The predicted octanol–water partition coefficient (Wildman–Crippen LogP) is -0.370. The first kappa shape index (κ1) is 11.5. The normalized spacial score (nSPS) is 19.9. The third-order valence-corrected chi connectivity index (χ3v) is 2.71. The Morgan fingerprint density at radius 1 is 1.44 bits per heavy atom. The Hall–Kier alpha value is -0.980. The lowest BCUT2D eigenvalue weighted by Crippen LogP contribution is -2.38. The van der Waals surface area contributed by atoms with Gasteiger partial charge < -0.3 is 10.5 Å². The molecule has 6 nitrogen and oxygen atoms in total. The van der Waals surface area contributed by atoms with Gasteiger partial charge in [-0.25, -0.2) is 4.98 Å². The van der Waals surface area contributed by atoms with Crippen LogP contribution in [0.2, 0.25) is 0 Å². The van der Waals surface area contributed by atoms with E-state index in [1.165, 1.54) is 0 Å². The first-order valence-electron chi connectivity index (χ1n) is 5.71. The van der Waals surface area contributed by atoms with Crippen molar-refractivity contribution in [1.82, 2.24) is 19.7 Å². The van der Waals surface area contributed by atoms with E-state index in [1.807, 2.05) is 11.6 Å². The summed E-state index contributed by atoms with van der Waals surface area (Å²) in [6.07, 6.45) is 1.75. The van der Waals surface area contributed by atoms with Crippen LogP contribution in [0.4, 0.5) is 0 Å². The fourth-order valence-electron chi connectivity index (χ4n) is 1.69. The van der Waals surface area contributed by atoms with Gasteiger partial charge in [-0.1, -0.05) is 0 Å². The molecule has 16 heavy (non-hydrogen) atoms. The molecule has 1 aromatic rings. The Balaban J connectivity index is 1.79. The van der Waals surface area contributed by atoms with Crippen LogP contribution in [0.15, 0.2) is 6.33 Å². The van der Waals surface area contributed by atoms with Crippen molar-refractivity contribution in [3.05, 3.63) is 12.2 Å². The van der Waals surface area contributed by atoms with Crippen LogP contribution in [0.25, 0.3) is 0 Å². The molecule has 2 rings (SSSR count). The number of morpholine rings is 1. The molecule has 6 heteroatoms. The Bertz CT molecular complexity index is 319. The molecule has 2 heterocycles. The fourth-order valence-corrected chi connectivity index (χ4v) is 1.69. The molecule has 1 atom stereocenters. The predicted molar refractivity (Wildman–Crippen MR) is 59.9 cm³/mol. The zero-order valence-corrected chi connectivity index (χ0v) is 9.67. The monoisotopic (exact) mass is 225 g/mol. The summed E-state index contributed by atoms with van der Waals surface area (Å²) in [5.74, 6) is 0.710. The average molecular weight is 225 g/mol. The lowest BCUT2D eigenvalue weighted by molar-refractivity contribution is 0.0359. The number of nitrogens with zero attached hydrogens (tertiary/aromatic N) is 4. The first-order chi connectivity index (χ1) is 7.75. The van der Waals surface area contributed by atoms with Crippen molar-refractivity contribution >= 4 is 0 Å². The van der Waals surface area contributed by atoms with E-state index < -0.39 is 0 Å². The van der Waals surface area contributed by atoms with Gasteiger partial charge in [-0.15, -0.1) is 0 Å². The lowest BCUT2D eigenvalue weighted by atomic mass is 10.3. The van der Waals surface area contributed by atoms with Crippen LogP contribution in [0.1, 0.15) is 18.8 Å². The molecule has 0 amide bonds. The fraction of sp³-hybridized carbons (Fsp3) is 0.800. The van der Waals surface area contributed by atoms with Gasteiger partial charge in [0, 0.05) is 19.6 Å². The van der Waals surface area contributed by atoms with Gasteiger partial charge in [-0.05, 0) is 6.92 Å². The SMILES string of the molecule is CC(N)c1ncn(CCN2CCOCC2)n1. The Morgan fingerprint density at radius 3 is 2.81 bits per heavy atom. The maximum atomic E-state index is 5.70. The minimum absolute atomic E-state index is 0.0929. The van der Waals surface area contributed by atoms with Crippen molar-refractivity contribution in [2.75, 3.05) is 32.8 Å². The molecule has 0 aromatic carbocycles. The smallest absolute Gasteiger partial charge is 0.166 e. The molecule has 1 fully saturated rings. The molecule has 0 saturated carbocycles. The van der Waals surface area contributed by atoms with Gasteiger partial charge in [0.15, 0.2) is 5.82 Å². The number of hydrogen-bond donors (Lipinski definition) is 1. The van der Waals surface area contributed by atoms with E-state index in [2.05, 4.69) is 15.0 Å². The van der Waals surface area contributed by atoms with Gasteiger partial charge >= 0.3 is 0 Å². The van der Waals surface area contributed by atoms with E-state index in [4.69, 9.17) is 10.5 Å². The van der Waals surface area contributed by atoms with Crippen LogP contribution in [0.3, 0.4) is 0 Å². The molecule has 0 spiro atoms. The summed E-state index contributed by atoms with van der Waals surface area (Å²) in [6, 6.07) is -0.0929. The van der Waals surface area contributed by atoms with Crippen LogP contribution >= 0.6 is 0 Å². The summed E-state index contributed by atoms with van der Waals surface area (Å²) in [4.78, 5) is 6.53. The summed E-state index contributed by atoms with van der Waals surface area (Å²) in [6.45, 7) is 7.43. The van der Waals surface area contributed by atoms with Crippen LogP contribution in [0.5, 0.6) is 0 Å². The van der Waals surface area contributed by atoms with E-state index >= 15 is 0 Å². The Morgan fingerprint density at radius 2 is 2.19 bits per heavy atom. The van der Waals surface area contributed by atoms with Crippen molar-refractivity contribution in [1.29, 1.82) is 0 Å². The molecular formula is C10H19N5O. The lowest BCUT2D eigenvalue weighted by Gasteiger charge is -2.26. The molecule has 0 radical (unpaired) electrons. The second-order valence-corrected chi connectivity index (χ2v) is 4.11. The molecular weight excluding hydrogens is 206 g/mol. The second-order valence-electron chi connectivity index (χ2n) is 4.11. The standard InChI is InChI=1S/C10H19N5O/c1-9(11)10-12-8-15(13-10)3-2-14-4-6-16-7-5-14/h8-9H,2-7,11H2,1H3.